The molecule has 0 aliphatic carbocycles. The van der Waals surface area contributed by atoms with Gasteiger partial charge in [-0.2, -0.15) is 0 Å². The Morgan fingerprint density at radius 3 is 2.43 bits per heavy atom. The normalized spacial score (nSPS) is 12.0. The summed E-state index contributed by atoms with van der Waals surface area (Å²) in [6.45, 7) is 2.47. The maximum absolute atomic E-state index is 12.5. The summed E-state index contributed by atoms with van der Waals surface area (Å²) < 4.78 is 10.5. The third-order valence-electron chi connectivity index (χ3n) is 4.66. The van der Waals surface area contributed by atoms with Crippen LogP contribution in [0.3, 0.4) is 0 Å². The quantitative estimate of drug-likeness (QED) is 0.678. The van der Waals surface area contributed by atoms with E-state index in [2.05, 4.69) is 15.4 Å². The zero-order valence-corrected chi connectivity index (χ0v) is 16.6. The lowest BCUT2D eigenvalue weighted by atomic mass is 10.1. The van der Waals surface area contributed by atoms with Gasteiger partial charge in [0.25, 0.3) is 5.91 Å². The van der Waals surface area contributed by atoms with Crippen molar-refractivity contribution in [2.75, 3.05) is 27.7 Å². The third-order valence-corrected chi connectivity index (χ3v) is 4.66. The third kappa shape index (κ3) is 4.58. The van der Waals surface area contributed by atoms with Crippen LogP contribution in [-0.2, 0) is 0 Å². The molecule has 0 spiro atoms. The summed E-state index contributed by atoms with van der Waals surface area (Å²) >= 11 is 0. The van der Waals surface area contributed by atoms with E-state index >= 15 is 0 Å². The topological polar surface area (TPSA) is 67.6 Å². The van der Waals surface area contributed by atoms with Gasteiger partial charge in [0.1, 0.15) is 5.75 Å². The molecule has 3 rings (SSSR count). The number of carbonyl (C=O) groups is 1. The Labute approximate surface area is 165 Å². The van der Waals surface area contributed by atoms with Gasteiger partial charge in [-0.1, -0.05) is 47.1 Å². The first-order valence-corrected chi connectivity index (χ1v) is 9.10. The van der Waals surface area contributed by atoms with Gasteiger partial charge < -0.3 is 19.5 Å². The van der Waals surface area contributed by atoms with Crippen LogP contribution in [0, 0.1) is 6.92 Å². The smallest absolute Gasteiger partial charge is 0.273 e. The molecule has 1 atom stereocenters. The van der Waals surface area contributed by atoms with Gasteiger partial charge >= 0.3 is 0 Å². The molecule has 6 heteroatoms. The highest BCUT2D eigenvalue weighted by Gasteiger charge is 2.18. The van der Waals surface area contributed by atoms with Crippen LogP contribution in [-0.4, -0.2) is 43.7 Å². The van der Waals surface area contributed by atoms with Gasteiger partial charge in [0.2, 0.25) is 0 Å². The minimum absolute atomic E-state index is 0.0262. The van der Waals surface area contributed by atoms with Gasteiger partial charge in [-0.15, -0.1) is 0 Å². The average Bonchev–Trinajstić information content (AvgIpc) is 3.19. The SMILES string of the molecule is COc1ccc(C(CNC(=O)c2cc(-c3ccc(C)cc3)on2)N(C)C)cc1. The second-order valence-corrected chi connectivity index (χ2v) is 6.91. The summed E-state index contributed by atoms with van der Waals surface area (Å²) in [5.74, 6) is 1.11. The number of ether oxygens (including phenoxy) is 1. The standard InChI is InChI=1S/C22H25N3O3/c1-15-5-7-17(8-6-15)21-13-19(24-28-21)22(26)23-14-20(25(2)3)16-9-11-18(27-4)12-10-16/h5-13,20H,14H2,1-4H3,(H,23,26). The fraction of sp³-hybridized carbons (Fsp3) is 0.273. The second-order valence-electron chi connectivity index (χ2n) is 6.91. The van der Waals surface area contributed by atoms with Crippen LogP contribution in [0.2, 0.25) is 0 Å². The van der Waals surface area contributed by atoms with E-state index in [-0.39, 0.29) is 17.6 Å². The molecule has 6 nitrogen and oxygen atoms in total. The summed E-state index contributed by atoms with van der Waals surface area (Å²) in [6.07, 6.45) is 0. The van der Waals surface area contributed by atoms with Crippen LogP contribution < -0.4 is 10.1 Å². The van der Waals surface area contributed by atoms with E-state index < -0.39 is 0 Å². The van der Waals surface area contributed by atoms with E-state index in [0.29, 0.717) is 12.3 Å². The van der Waals surface area contributed by atoms with Crippen LogP contribution in [0.4, 0.5) is 0 Å². The number of carbonyl (C=O) groups excluding carboxylic acids is 1. The first-order chi connectivity index (χ1) is 13.5. The number of nitrogens with one attached hydrogen (secondary N) is 1. The zero-order chi connectivity index (χ0) is 20.1. The number of amides is 1. The van der Waals surface area contributed by atoms with Crippen LogP contribution in [0.1, 0.15) is 27.7 Å². The fourth-order valence-electron chi connectivity index (χ4n) is 2.94. The van der Waals surface area contributed by atoms with E-state index in [1.807, 2.05) is 69.6 Å². The van der Waals surface area contributed by atoms with Gasteiger partial charge in [0, 0.05) is 18.2 Å². The number of aryl methyl sites for hydroxylation is 1. The summed E-state index contributed by atoms with van der Waals surface area (Å²) in [5.41, 5.74) is 3.41. The highest BCUT2D eigenvalue weighted by Crippen LogP contribution is 2.22. The number of hydrogen-bond acceptors (Lipinski definition) is 5. The van der Waals surface area contributed by atoms with Crippen LogP contribution >= 0.6 is 0 Å². The highest BCUT2D eigenvalue weighted by molar-refractivity contribution is 5.93. The van der Waals surface area contributed by atoms with Crippen LogP contribution in [0.5, 0.6) is 5.75 Å². The number of methoxy groups -OCH3 is 1. The Bertz CT molecular complexity index is 915. The molecule has 0 aliphatic heterocycles. The minimum atomic E-state index is -0.262. The molecule has 1 aromatic heterocycles. The van der Waals surface area contributed by atoms with E-state index in [4.69, 9.17) is 9.26 Å². The average molecular weight is 379 g/mol. The first kappa shape index (κ1) is 19.6. The number of benzene rings is 2. The van der Waals surface area contributed by atoms with E-state index in [1.54, 1.807) is 13.2 Å². The fourth-order valence-corrected chi connectivity index (χ4v) is 2.94. The Hall–Kier alpha value is -3.12. The summed E-state index contributed by atoms with van der Waals surface area (Å²) in [7, 11) is 5.60. The summed E-state index contributed by atoms with van der Waals surface area (Å²) in [4.78, 5) is 14.6. The van der Waals surface area contributed by atoms with Crippen molar-refractivity contribution in [3.63, 3.8) is 0 Å². The van der Waals surface area contributed by atoms with Crippen molar-refractivity contribution in [1.29, 1.82) is 0 Å². The first-order valence-electron chi connectivity index (χ1n) is 9.10. The summed E-state index contributed by atoms with van der Waals surface area (Å²) in [5, 5.41) is 6.86. The van der Waals surface area contributed by atoms with Gasteiger partial charge in [0.05, 0.1) is 13.2 Å². The molecule has 28 heavy (non-hydrogen) atoms. The molecule has 0 fully saturated rings. The molecule has 0 radical (unpaired) electrons. The molecule has 0 aliphatic rings. The Morgan fingerprint density at radius 1 is 1.14 bits per heavy atom. The molecular weight excluding hydrogens is 354 g/mol. The molecule has 1 heterocycles. The molecule has 0 saturated carbocycles. The van der Waals surface area contributed by atoms with E-state index in [0.717, 1.165) is 22.4 Å². The molecule has 1 N–H and O–H groups in total. The maximum atomic E-state index is 12.5. The molecule has 1 unspecified atom stereocenters. The van der Waals surface area contributed by atoms with Crippen molar-refractivity contribution >= 4 is 5.91 Å². The minimum Gasteiger partial charge on any atom is -0.497 e. The van der Waals surface area contributed by atoms with E-state index in [1.165, 1.54) is 0 Å². The Kier molecular flexibility index (Phi) is 6.11. The predicted octanol–water partition coefficient (Wildman–Crippen LogP) is 3.69. The molecule has 3 aromatic rings. The van der Waals surface area contributed by atoms with Crippen molar-refractivity contribution in [2.24, 2.45) is 0 Å². The van der Waals surface area contributed by atoms with Gasteiger partial charge in [-0.25, -0.2) is 0 Å². The van der Waals surface area contributed by atoms with Crippen molar-refractivity contribution in [3.05, 3.63) is 71.4 Å². The Morgan fingerprint density at radius 2 is 1.82 bits per heavy atom. The van der Waals surface area contributed by atoms with Crippen LogP contribution in [0.15, 0.2) is 59.1 Å². The monoisotopic (exact) mass is 379 g/mol. The Balaban J connectivity index is 1.67. The predicted molar refractivity (Wildman–Crippen MR) is 108 cm³/mol. The van der Waals surface area contributed by atoms with Gasteiger partial charge in [0.15, 0.2) is 11.5 Å². The number of likely N-dealkylation sites (N-methyl/N-ethyl adjacent to an activating group) is 1. The highest BCUT2D eigenvalue weighted by atomic mass is 16.5. The molecular formula is C22H25N3O3. The number of hydrogen-bond donors (Lipinski definition) is 1. The maximum Gasteiger partial charge on any atom is 0.273 e. The number of rotatable bonds is 7. The van der Waals surface area contributed by atoms with Crippen molar-refractivity contribution in [3.8, 4) is 17.1 Å². The molecule has 0 saturated heterocycles. The van der Waals surface area contributed by atoms with Crippen molar-refractivity contribution in [2.45, 2.75) is 13.0 Å². The van der Waals surface area contributed by atoms with Gasteiger partial charge in [-0.05, 0) is 38.7 Å². The molecule has 2 aromatic carbocycles. The molecule has 146 valence electrons. The van der Waals surface area contributed by atoms with E-state index in [9.17, 15) is 4.79 Å². The zero-order valence-electron chi connectivity index (χ0n) is 16.6. The number of nitrogens with zero attached hydrogens (tertiary/aromatic N) is 2. The lowest BCUT2D eigenvalue weighted by Crippen LogP contribution is -2.34. The number of aromatic nitrogens is 1. The van der Waals surface area contributed by atoms with Gasteiger partial charge in [-0.3, -0.25) is 4.79 Å². The summed E-state index contributed by atoms with van der Waals surface area (Å²) in [6, 6.07) is 17.4. The molecule has 1 amide bonds. The van der Waals surface area contributed by atoms with Crippen molar-refractivity contribution < 1.29 is 14.1 Å². The largest absolute Gasteiger partial charge is 0.497 e. The lowest BCUT2D eigenvalue weighted by molar-refractivity contribution is 0.0933. The lowest BCUT2D eigenvalue weighted by Gasteiger charge is -2.25. The molecule has 0 bridgehead atoms. The van der Waals surface area contributed by atoms with Crippen molar-refractivity contribution in [1.82, 2.24) is 15.4 Å². The van der Waals surface area contributed by atoms with Crippen LogP contribution in [0.25, 0.3) is 11.3 Å². The second kappa shape index (κ2) is 8.71.